The second-order valence-corrected chi connectivity index (χ2v) is 4.79. The third-order valence-electron chi connectivity index (χ3n) is 2.89. The van der Waals surface area contributed by atoms with Crippen LogP contribution >= 0.6 is 0 Å². The van der Waals surface area contributed by atoms with Crippen LogP contribution in [-0.2, 0) is 6.54 Å². The number of carbonyl (C=O) groups excluding carboxylic acids is 1. The highest BCUT2D eigenvalue weighted by molar-refractivity contribution is 5.93. The van der Waals surface area contributed by atoms with Gasteiger partial charge in [0, 0.05) is 38.7 Å². The summed E-state index contributed by atoms with van der Waals surface area (Å²) >= 11 is 0. The fraction of sp³-hybridized carbons (Fsp3) is 0.267. The molecule has 2 heterocycles. The van der Waals surface area contributed by atoms with Gasteiger partial charge in [-0.1, -0.05) is 0 Å². The zero-order valence-electron chi connectivity index (χ0n) is 11.9. The van der Waals surface area contributed by atoms with Crippen molar-refractivity contribution < 1.29 is 4.79 Å². The molecule has 5 nitrogen and oxygen atoms in total. The van der Waals surface area contributed by atoms with Crippen molar-refractivity contribution in [1.29, 1.82) is 0 Å². The lowest BCUT2D eigenvalue weighted by atomic mass is 10.2. The average Bonchev–Trinajstić information content (AvgIpc) is 2.46. The fourth-order valence-corrected chi connectivity index (χ4v) is 1.70. The second kappa shape index (κ2) is 6.14. The Hall–Kier alpha value is -2.43. The molecule has 2 aromatic rings. The molecule has 0 unspecified atom stereocenters. The lowest BCUT2D eigenvalue weighted by Gasteiger charge is -2.12. The molecular formula is C15H18N4O. The Labute approximate surface area is 118 Å². The summed E-state index contributed by atoms with van der Waals surface area (Å²) in [6.07, 6.45) is 3.33. The first-order valence-electron chi connectivity index (χ1n) is 6.39. The molecule has 2 aromatic heterocycles. The van der Waals surface area contributed by atoms with E-state index in [2.05, 4.69) is 15.3 Å². The number of nitrogens with one attached hydrogen (secondary N) is 1. The number of carbonyl (C=O) groups is 1. The van der Waals surface area contributed by atoms with E-state index in [1.807, 2.05) is 44.1 Å². The van der Waals surface area contributed by atoms with Crippen molar-refractivity contribution >= 4 is 11.7 Å². The van der Waals surface area contributed by atoms with Gasteiger partial charge in [0.2, 0.25) is 0 Å². The molecule has 0 bridgehead atoms. The van der Waals surface area contributed by atoms with Crippen molar-refractivity contribution in [2.24, 2.45) is 0 Å². The van der Waals surface area contributed by atoms with Gasteiger partial charge < -0.3 is 10.2 Å². The van der Waals surface area contributed by atoms with E-state index in [0.717, 1.165) is 17.1 Å². The van der Waals surface area contributed by atoms with Crippen molar-refractivity contribution in [3.8, 4) is 0 Å². The second-order valence-electron chi connectivity index (χ2n) is 4.79. The maximum atomic E-state index is 12.0. The summed E-state index contributed by atoms with van der Waals surface area (Å²) in [5, 5.41) is 2.88. The highest BCUT2D eigenvalue weighted by Gasteiger charge is 2.06. The maximum absolute atomic E-state index is 12.0. The van der Waals surface area contributed by atoms with Crippen molar-refractivity contribution in [2.45, 2.75) is 13.5 Å². The Bertz CT molecular complexity index is 593. The predicted molar refractivity (Wildman–Crippen MR) is 78.7 cm³/mol. The van der Waals surface area contributed by atoms with Crippen LogP contribution in [0, 0.1) is 6.92 Å². The molecular weight excluding hydrogens is 252 g/mol. The van der Waals surface area contributed by atoms with Gasteiger partial charge in [-0.05, 0) is 36.8 Å². The molecule has 1 N–H and O–H groups in total. The molecule has 20 heavy (non-hydrogen) atoms. The number of hydrogen-bond donors (Lipinski definition) is 1. The van der Waals surface area contributed by atoms with Gasteiger partial charge in [0.15, 0.2) is 0 Å². The minimum Gasteiger partial charge on any atom is -0.363 e. The minimum atomic E-state index is -0.124. The molecule has 5 heteroatoms. The van der Waals surface area contributed by atoms with E-state index in [4.69, 9.17) is 0 Å². The summed E-state index contributed by atoms with van der Waals surface area (Å²) in [5.74, 6) is 0.745. The van der Waals surface area contributed by atoms with Gasteiger partial charge in [0.25, 0.3) is 5.91 Å². The Morgan fingerprint density at radius 2 is 2.05 bits per heavy atom. The number of hydrogen-bond acceptors (Lipinski definition) is 4. The van der Waals surface area contributed by atoms with Crippen molar-refractivity contribution in [1.82, 2.24) is 15.3 Å². The van der Waals surface area contributed by atoms with E-state index < -0.39 is 0 Å². The van der Waals surface area contributed by atoms with Gasteiger partial charge in [-0.3, -0.25) is 9.78 Å². The maximum Gasteiger partial charge on any atom is 0.253 e. The van der Waals surface area contributed by atoms with Crippen LogP contribution < -0.4 is 10.2 Å². The zero-order valence-corrected chi connectivity index (χ0v) is 11.9. The standard InChI is InChI=1S/C15H18N4O/c1-11-4-5-13(10-17-11)15(20)18-9-12-6-7-16-14(8-12)19(2)3/h4-8,10H,9H2,1-3H3,(H,18,20). The van der Waals surface area contributed by atoms with Gasteiger partial charge in [0.1, 0.15) is 5.82 Å². The van der Waals surface area contributed by atoms with Gasteiger partial charge in [-0.15, -0.1) is 0 Å². The molecule has 0 radical (unpaired) electrons. The summed E-state index contributed by atoms with van der Waals surface area (Å²) < 4.78 is 0. The Morgan fingerprint density at radius 1 is 1.25 bits per heavy atom. The van der Waals surface area contributed by atoms with E-state index in [1.165, 1.54) is 0 Å². The lowest BCUT2D eigenvalue weighted by molar-refractivity contribution is 0.0950. The van der Waals surface area contributed by atoms with E-state index in [1.54, 1.807) is 18.5 Å². The lowest BCUT2D eigenvalue weighted by Crippen LogP contribution is -2.23. The highest BCUT2D eigenvalue weighted by atomic mass is 16.1. The fourth-order valence-electron chi connectivity index (χ4n) is 1.70. The first kappa shape index (κ1) is 14.0. The Balaban J connectivity index is 1.99. The van der Waals surface area contributed by atoms with Crippen LogP contribution in [0.3, 0.4) is 0 Å². The summed E-state index contributed by atoms with van der Waals surface area (Å²) in [6, 6.07) is 7.44. The van der Waals surface area contributed by atoms with E-state index in [-0.39, 0.29) is 5.91 Å². The summed E-state index contributed by atoms with van der Waals surface area (Å²) in [4.78, 5) is 22.2. The van der Waals surface area contributed by atoms with Crippen LogP contribution in [0.2, 0.25) is 0 Å². The molecule has 0 saturated heterocycles. The van der Waals surface area contributed by atoms with Crippen molar-refractivity contribution in [2.75, 3.05) is 19.0 Å². The first-order valence-corrected chi connectivity index (χ1v) is 6.39. The molecule has 0 saturated carbocycles. The van der Waals surface area contributed by atoms with Crippen LogP contribution in [0.15, 0.2) is 36.7 Å². The van der Waals surface area contributed by atoms with Gasteiger partial charge >= 0.3 is 0 Å². The summed E-state index contributed by atoms with van der Waals surface area (Å²) in [5.41, 5.74) is 2.47. The van der Waals surface area contributed by atoms with Crippen LogP contribution in [0.25, 0.3) is 0 Å². The number of aromatic nitrogens is 2. The van der Waals surface area contributed by atoms with Crippen LogP contribution in [0.4, 0.5) is 5.82 Å². The first-order chi connectivity index (χ1) is 9.56. The molecule has 104 valence electrons. The summed E-state index contributed by atoms with van der Waals surface area (Å²) in [6.45, 7) is 2.36. The van der Waals surface area contributed by atoms with Crippen LogP contribution in [0.1, 0.15) is 21.6 Å². The van der Waals surface area contributed by atoms with Crippen molar-refractivity contribution in [3.63, 3.8) is 0 Å². The molecule has 0 spiro atoms. The van der Waals surface area contributed by atoms with E-state index in [0.29, 0.717) is 12.1 Å². The Kier molecular flexibility index (Phi) is 4.30. The number of nitrogens with zero attached hydrogens (tertiary/aromatic N) is 3. The highest BCUT2D eigenvalue weighted by Crippen LogP contribution is 2.09. The zero-order chi connectivity index (χ0) is 14.5. The molecule has 0 aliphatic carbocycles. The SMILES string of the molecule is Cc1ccc(C(=O)NCc2ccnc(N(C)C)c2)cn1. The molecule has 0 fully saturated rings. The Morgan fingerprint density at radius 3 is 2.70 bits per heavy atom. The minimum absolute atomic E-state index is 0.124. The van der Waals surface area contributed by atoms with Gasteiger partial charge in [-0.2, -0.15) is 0 Å². The largest absolute Gasteiger partial charge is 0.363 e. The van der Waals surface area contributed by atoms with Gasteiger partial charge in [0.05, 0.1) is 5.56 Å². The summed E-state index contributed by atoms with van der Waals surface area (Å²) in [7, 11) is 3.87. The average molecular weight is 270 g/mol. The third kappa shape index (κ3) is 3.54. The van der Waals surface area contributed by atoms with E-state index in [9.17, 15) is 4.79 Å². The molecule has 0 aliphatic heterocycles. The third-order valence-corrected chi connectivity index (χ3v) is 2.89. The number of aryl methyl sites for hydroxylation is 1. The molecule has 0 aliphatic rings. The number of rotatable bonds is 4. The molecule has 2 rings (SSSR count). The normalized spacial score (nSPS) is 10.2. The van der Waals surface area contributed by atoms with E-state index >= 15 is 0 Å². The van der Waals surface area contributed by atoms with Crippen LogP contribution in [0.5, 0.6) is 0 Å². The smallest absolute Gasteiger partial charge is 0.253 e. The monoisotopic (exact) mass is 270 g/mol. The topological polar surface area (TPSA) is 58.1 Å². The number of pyridine rings is 2. The molecule has 0 aromatic carbocycles. The molecule has 1 amide bonds. The quantitative estimate of drug-likeness (QED) is 0.920. The van der Waals surface area contributed by atoms with Crippen molar-refractivity contribution in [3.05, 3.63) is 53.5 Å². The van der Waals surface area contributed by atoms with Gasteiger partial charge in [-0.25, -0.2) is 4.98 Å². The van der Waals surface area contributed by atoms with Crippen LogP contribution in [-0.4, -0.2) is 30.0 Å². The predicted octanol–water partition coefficient (Wildman–Crippen LogP) is 1.78. The number of anilines is 1. The molecule has 0 atom stereocenters. The number of amides is 1.